The highest BCUT2D eigenvalue weighted by atomic mass is 32.2. The van der Waals surface area contributed by atoms with Crippen molar-refractivity contribution in [1.29, 1.82) is 0 Å². The predicted molar refractivity (Wildman–Crippen MR) is 125 cm³/mol. The van der Waals surface area contributed by atoms with Gasteiger partial charge in [0.1, 0.15) is 5.75 Å². The molecule has 3 aromatic carbocycles. The van der Waals surface area contributed by atoms with E-state index in [1.54, 1.807) is 12.1 Å². The van der Waals surface area contributed by atoms with Crippen molar-refractivity contribution in [1.82, 2.24) is 4.31 Å². The maximum Gasteiger partial charge on any atom is 0.262 e. The summed E-state index contributed by atoms with van der Waals surface area (Å²) in [4.78, 5) is 12.5. The predicted octanol–water partition coefficient (Wildman–Crippen LogP) is 4.55. The van der Waals surface area contributed by atoms with Crippen LogP contribution in [-0.4, -0.2) is 38.3 Å². The summed E-state index contributed by atoms with van der Waals surface area (Å²) in [6, 6.07) is 23.8. The standard InChI is InChI=1S/C25H26N2O4S/c28-25(19-31-23-13-9-21(10-14-23)20-7-3-1-4-8-20)26-22-11-15-24(16-12-22)32(29,30)27-17-5-2-6-18-27/h1,3-4,7-16H,2,5-6,17-19H2,(H,26,28). The van der Waals surface area contributed by atoms with E-state index in [1.165, 1.54) is 16.4 Å². The molecule has 0 spiro atoms. The van der Waals surface area contributed by atoms with Crippen molar-refractivity contribution in [2.75, 3.05) is 25.0 Å². The minimum Gasteiger partial charge on any atom is -0.484 e. The van der Waals surface area contributed by atoms with Crippen molar-refractivity contribution in [2.45, 2.75) is 24.2 Å². The molecule has 0 unspecified atom stereocenters. The molecule has 0 radical (unpaired) electrons. The van der Waals surface area contributed by atoms with Gasteiger partial charge in [-0.05, 0) is 60.4 Å². The van der Waals surface area contributed by atoms with Crippen molar-refractivity contribution >= 4 is 21.6 Å². The third kappa shape index (κ3) is 5.36. The van der Waals surface area contributed by atoms with Gasteiger partial charge in [-0.15, -0.1) is 0 Å². The van der Waals surface area contributed by atoms with Crippen LogP contribution in [0.5, 0.6) is 5.75 Å². The number of carbonyl (C=O) groups excluding carboxylic acids is 1. The normalized spacial score (nSPS) is 14.6. The summed E-state index contributed by atoms with van der Waals surface area (Å²) >= 11 is 0. The average molecular weight is 451 g/mol. The van der Waals surface area contributed by atoms with Gasteiger partial charge >= 0.3 is 0 Å². The van der Waals surface area contributed by atoms with Gasteiger partial charge in [-0.2, -0.15) is 4.31 Å². The Kier molecular flexibility index (Phi) is 6.87. The monoisotopic (exact) mass is 450 g/mol. The molecule has 3 aromatic rings. The van der Waals surface area contributed by atoms with Gasteiger partial charge in [0.2, 0.25) is 10.0 Å². The molecule has 1 fully saturated rings. The van der Waals surface area contributed by atoms with Crippen molar-refractivity contribution in [3.63, 3.8) is 0 Å². The molecule has 7 heteroatoms. The Bertz CT molecular complexity index is 1140. The Morgan fingerprint density at radius 1 is 0.812 bits per heavy atom. The number of hydrogen-bond donors (Lipinski definition) is 1. The van der Waals surface area contributed by atoms with Gasteiger partial charge in [-0.3, -0.25) is 4.79 Å². The van der Waals surface area contributed by atoms with Gasteiger partial charge in [-0.1, -0.05) is 48.9 Å². The molecular formula is C25H26N2O4S. The summed E-state index contributed by atoms with van der Waals surface area (Å²) in [5.74, 6) is 0.284. The molecule has 0 bridgehead atoms. The number of hydrogen-bond acceptors (Lipinski definition) is 4. The number of amides is 1. The lowest BCUT2D eigenvalue weighted by molar-refractivity contribution is -0.118. The number of nitrogens with one attached hydrogen (secondary N) is 1. The van der Waals surface area contributed by atoms with Gasteiger partial charge in [-0.25, -0.2) is 8.42 Å². The van der Waals surface area contributed by atoms with Gasteiger partial charge in [0, 0.05) is 18.8 Å². The Hall–Kier alpha value is -3.16. The molecule has 6 nitrogen and oxygen atoms in total. The van der Waals surface area contributed by atoms with E-state index in [-0.39, 0.29) is 17.4 Å². The van der Waals surface area contributed by atoms with E-state index in [0.29, 0.717) is 24.5 Å². The third-order valence-electron chi connectivity index (χ3n) is 5.42. The fourth-order valence-electron chi connectivity index (χ4n) is 3.68. The summed E-state index contributed by atoms with van der Waals surface area (Å²) in [6.07, 6.45) is 2.85. The minimum absolute atomic E-state index is 0.140. The van der Waals surface area contributed by atoms with E-state index in [2.05, 4.69) is 5.32 Å². The molecular weight excluding hydrogens is 424 g/mol. The quantitative estimate of drug-likeness (QED) is 0.573. The zero-order valence-corrected chi connectivity index (χ0v) is 18.6. The van der Waals surface area contributed by atoms with Crippen molar-refractivity contribution in [3.05, 3.63) is 78.9 Å². The van der Waals surface area contributed by atoms with E-state index in [1.807, 2.05) is 54.6 Å². The maximum absolute atomic E-state index is 12.7. The van der Waals surface area contributed by atoms with E-state index < -0.39 is 10.0 Å². The van der Waals surface area contributed by atoms with Gasteiger partial charge in [0.05, 0.1) is 4.90 Å². The molecule has 1 heterocycles. The Morgan fingerprint density at radius 3 is 2.09 bits per heavy atom. The highest BCUT2D eigenvalue weighted by Gasteiger charge is 2.25. The first-order valence-electron chi connectivity index (χ1n) is 10.7. The molecule has 1 amide bonds. The van der Waals surface area contributed by atoms with Crippen LogP contribution in [0.2, 0.25) is 0 Å². The van der Waals surface area contributed by atoms with Crippen LogP contribution in [-0.2, 0) is 14.8 Å². The molecule has 166 valence electrons. The summed E-state index contributed by atoms with van der Waals surface area (Å²) in [5.41, 5.74) is 2.71. The number of anilines is 1. The zero-order valence-electron chi connectivity index (χ0n) is 17.7. The van der Waals surface area contributed by atoms with Crippen LogP contribution in [0.25, 0.3) is 11.1 Å². The summed E-state index contributed by atoms with van der Waals surface area (Å²) in [5, 5.41) is 2.74. The summed E-state index contributed by atoms with van der Waals surface area (Å²) in [7, 11) is -3.48. The molecule has 1 aliphatic heterocycles. The summed E-state index contributed by atoms with van der Waals surface area (Å²) < 4.78 is 32.5. The first kappa shape index (κ1) is 22.0. The van der Waals surface area contributed by atoms with Crippen LogP contribution in [0.4, 0.5) is 5.69 Å². The van der Waals surface area contributed by atoms with Gasteiger partial charge in [0.25, 0.3) is 5.91 Å². The van der Waals surface area contributed by atoms with Crippen molar-refractivity contribution in [3.8, 4) is 16.9 Å². The zero-order chi connectivity index (χ0) is 22.4. The average Bonchev–Trinajstić information content (AvgIpc) is 2.84. The highest BCUT2D eigenvalue weighted by molar-refractivity contribution is 7.89. The van der Waals surface area contributed by atoms with E-state index in [0.717, 1.165) is 30.4 Å². The topological polar surface area (TPSA) is 75.7 Å². The fourth-order valence-corrected chi connectivity index (χ4v) is 5.20. The lowest BCUT2D eigenvalue weighted by Crippen LogP contribution is -2.35. The highest BCUT2D eigenvalue weighted by Crippen LogP contribution is 2.23. The van der Waals surface area contributed by atoms with Crippen molar-refractivity contribution in [2.24, 2.45) is 0 Å². The number of rotatable bonds is 7. The first-order chi connectivity index (χ1) is 15.5. The lowest BCUT2D eigenvalue weighted by atomic mass is 10.1. The molecule has 0 aromatic heterocycles. The minimum atomic E-state index is -3.48. The number of sulfonamides is 1. The number of carbonyl (C=O) groups is 1. The SMILES string of the molecule is O=C(COc1ccc(-c2ccccc2)cc1)Nc1ccc(S(=O)(=O)N2CCCCC2)cc1. The second-order valence-corrected chi connectivity index (χ2v) is 9.65. The maximum atomic E-state index is 12.7. The van der Waals surface area contributed by atoms with Gasteiger partial charge in [0.15, 0.2) is 6.61 Å². The fraction of sp³-hybridized carbons (Fsp3) is 0.240. The molecule has 1 aliphatic rings. The molecule has 4 rings (SSSR count). The third-order valence-corrected chi connectivity index (χ3v) is 7.34. The number of nitrogens with zero attached hydrogens (tertiary/aromatic N) is 1. The van der Waals surface area contributed by atoms with Crippen LogP contribution in [0.1, 0.15) is 19.3 Å². The Morgan fingerprint density at radius 2 is 1.44 bits per heavy atom. The second-order valence-electron chi connectivity index (χ2n) is 7.72. The summed E-state index contributed by atoms with van der Waals surface area (Å²) in [6.45, 7) is 0.980. The molecule has 32 heavy (non-hydrogen) atoms. The lowest BCUT2D eigenvalue weighted by Gasteiger charge is -2.25. The largest absolute Gasteiger partial charge is 0.484 e. The van der Waals surface area contributed by atoms with Crippen LogP contribution in [0.3, 0.4) is 0 Å². The smallest absolute Gasteiger partial charge is 0.262 e. The Labute approximate surface area is 188 Å². The number of benzene rings is 3. The van der Waals surface area contributed by atoms with Crippen LogP contribution in [0.15, 0.2) is 83.8 Å². The van der Waals surface area contributed by atoms with E-state index in [9.17, 15) is 13.2 Å². The van der Waals surface area contributed by atoms with Crippen molar-refractivity contribution < 1.29 is 17.9 Å². The molecule has 0 atom stereocenters. The molecule has 0 saturated carbocycles. The first-order valence-corrected chi connectivity index (χ1v) is 12.1. The van der Waals surface area contributed by atoms with Crippen LogP contribution in [0, 0.1) is 0 Å². The molecule has 0 aliphatic carbocycles. The number of piperidine rings is 1. The van der Waals surface area contributed by atoms with Crippen LogP contribution < -0.4 is 10.1 Å². The number of ether oxygens (including phenoxy) is 1. The molecule has 1 saturated heterocycles. The molecule has 1 N–H and O–H groups in total. The van der Waals surface area contributed by atoms with E-state index >= 15 is 0 Å². The second kappa shape index (κ2) is 9.97. The van der Waals surface area contributed by atoms with E-state index in [4.69, 9.17) is 4.74 Å². The van der Waals surface area contributed by atoms with Gasteiger partial charge < -0.3 is 10.1 Å². The van der Waals surface area contributed by atoms with Crippen LogP contribution >= 0.6 is 0 Å². The Balaban J connectivity index is 1.30.